The summed E-state index contributed by atoms with van der Waals surface area (Å²) in [5.41, 5.74) is 2.90. The van der Waals surface area contributed by atoms with Gasteiger partial charge in [-0.1, -0.05) is 13.8 Å². The molecular formula is C14H21N5S. The fourth-order valence-electron chi connectivity index (χ4n) is 1.80. The molecule has 0 aliphatic heterocycles. The third-order valence-electron chi connectivity index (χ3n) is 2.94. The van der Waals surface area contributed by atoms with E-state index in [1.807, 2.05) is 18.6 Å². The molecule has 2 rings (SSSR count). The Hall–Kier alpha value is -1.69. The van der Waals surface area contributed by atoms with Gasteiger partial charge in [-0.2, -0.15) is 0 Å². The van der Waals surface area contributed by atoms with Crippen molar-refractivity contribution in [3.8, 4) is 0 Å². The van der Waals surface area contributed by atoms with E-state index in [4.69, 9.17) is 0 Å². The van der Waals surface area contributed by atoms with Crippen molar-refractivity contribution in [2.24, 2.45) is 0 Å². The Morgan fingerprint density at radius 2 is 1.90 bits per heavy atom. The molecule has 0 bridgehead atoms. The van der Waals surface area contributed by atoms with Gasteiger partial charge in [-0.25, -0.2) is 9.97 Å². The van der Waals surface area contributed by atoms with Crippen LogP contribution in [-0.4, -0.2) is 21.5 Å². The maximum absolute atomic E-state index is 4.64. The minimum atomic E-state index is 0.303. The van der Waals surface area contributed by atoms with Crippen molar-refractivity contribution in [2.45, 2.75) is 40.2 Å². The van der Waals surface area contributed by atoms with Crippen LogP contribution in [0.4, 0.5) is 11.6 Å². The van der Waals surface area contributed by atoms with Gasteiger partial charge in [0.05, 0.1) is 12.1 Å². The minimum absolute atomic E-state index is 0.303. The zero-order valence-electron chi connectivity index (χ0n) is 12.4. The van der Waals surface area contributed by atoms with Gasteiger partial charge in [0.25, 0.3) is 0 Å². The molecule has 0 atom stereocenters. The summed E-state index contributed by atoms with van der Waals surface area (Å²) < 4.78 is 0. The van der Waals surface area contributed by atoms with Gasteiger partial charge in [-0.05, 0) is 13.8 Å². The van der Waals surface area contributed by atoms with Crippen molar-refractivity contribution in [1.82, 2.24) is 15.0 Å². The summed E-state index contributed by atoms with van der Waals surface area (Å²) in [6, 6.07) is 0. The number of hydrogen-bond acceptors (Lipinski definition) is 6. The van der Waals surface area contributed by atoms with Crippen LogP contribution in [0.15, 0.2) is 11.7 Å². The number of anilines is 2. The SMILES string of the molecule is CCNc1nc(C(C)C)nc(NCc2cncs2)c1C. The molecular weight excluding hydrogens is 270 g/mol. The first-order chi connectivity index (χ1) is 9.61. The van der Waals surface area contributed by atoms with E-state index in [-0.39, 0.29) is 0 Å². The monoisotopic (exact) mass is 291 g/mol. The average molecular weight is 291 g/mol. The van der Waals surface area contributed by atoms with E-state index in [1.165, 1.54) is 4.88 Å². The highest BCUT2D eigenvalue weighted by Gasteiger charge is 2.12. The molecule has 0 aliphatic carbocycles. The third kappa shape index (κ3) is 3.45. The lowest BCUT2D eigenvalue weighted by Gasteiger charge is -2.15. The van der Waals surface area contributed by atoms with E-state index in [0.29, 0.717) is 5.92 Å². The topological polar surface area (TPSA) is 62.7 Å². The first kappa shape index (κ1) is 14.7. The number of nitrogens with zero attached hydrogens (tertiary/aromatic N) is 3. The van der Waals surface area contributed by atoms with Gasteiger partial charge in [0.15, 0.2) is 0 Å². The van der Waals surface area contributed by atoms with Gasteiger partial charge in [0, 0.05) is 29.1 Å². The van der Waals surface area contributed by atoms with Gasteiger partial charge >= 0.3 is 0 Å². The van der Waals surface area contributed by atoms with Crippen molar-refractivity contribution in [1.29, 1.82) is 0 Å². The fourth-order valence-corrected chi connectivity index (χ4v) is 2.34. The lowest BCUT2D eigenvalue weighted by atomic mass is 10.2. The second-order valence-electron chi connectivity index (χ2n) is 4.91. The van der Waals surface area contributed by atoms with Gasteiger partial charge in [0.2, 0.25) is 0 Å². The Bertz CT molecular complexity index is 551. The molecule has 0 aromatic carbocycles. The first-order valence-corrected chi connectivity index (χ1v) is 7.73. The highest BCUT2D eigenvalue weighted by atomic mass is 32.1. The number of aromatic nitrogens is 3. The predicted octanol–water partition coefficient (Wildman–Crippen LogP) is 3.41. The van der Waals surface area contributed by atoms with Crippen molar-refractivity contribution in [3.05, 3.63) is 28.0 Å². The van der Waals surface area contributed by atoms with Crippen LogP contribution in [0.1, 0.15) is 43.0 Å². The average Bonchev–Trinajstić information content (AvgIpc) is 2.92. The number of nitrogens with one attached hydrogen (secondary N) is 2. The van der Waals surface area contributed by atoms with Crippen LogP contribution in [0.25, 0.3) is 0 Å². The molecule has 0 saturated heterocycles. The van der Waals surface area contributed by atoms with Crippen LogP contribution >= 0.6 is 11.3 Å². The molecule has 6 heteroatoms. The molecule has 20 heavy (non-hydrogen) atoms. The highest BCUT2D eigenvalue weighted by Crippen LogP contribution is 2.23. The second-order valence-corrected chi connectivity index (χ2v) is 5.88. The number of hydrogen-bond donors (Lipinski definition) is 2. The summed E-state index contributed by atoms with van der Waals surface area (Å²) in [6.45, 7) is 9.91. The standard InChI is InChI=1S/C14H21N5S/c1-5-16-13-10(4)14(19-12(18-13)9(2)3)17-7-11-6-15-8-20-11/h6,8-9H,5,7H2,1-4H3,(H2,16,17,18,19). The van der Waals surface area contributed by atoms with Gasteiger partial charge in [-0.3, -0.25) is 4.98 Å². The second kappa shape index (κ2) is 6.65. The van der Waals surface area contributed by atoms with Crippen molar-refractivity contribution < 1.29 is 0 Å². The molecule has 0 aliphatic rings. The smallest absolute Gasteiger partial charge is 0.135 e. The van der Waals surface area contributed by atoms with Crippen LogP contribution in [0.5, 0.6) is 0 Å². The minimum Gasteiger partial charge on any atom is -0.370 e. The Kier molecular flexibility index (Phi) is 4.89. The van der Waals surface area contributed by atoms with E-state index in [2.05, 4.69) is 46.4 Å². The number of thiazole rings is 1. The molecule has 2 aromatic rings. The van der Waals surface area contributed by atoms with E-state index >= 15 is 0 Å². The fraction of sp³-hybridized carbons (Fsp3) is 0.500. The van der Waals surface area contributed by atoms with Gasteiger partial charge in [0.1, 0.15) is 17.5 Å². The van der Waals surface area contributed by atoms with E-state index in [1.54, 1.807) is 11.3 Å². The van der Waals surface area contributed by atoms with Crippen molar-refractivity contribution in [3.63, 3.8) is 0 Å². The lowest BCUT2D eigenvalue weighted by Crippen LogP contribution is -2.11. The summed E-state index contributed by atoms with van der Waals surface area (Å²) in [4.78, 5) is 14.5. The molecule has 0 fully saturated rings. The molecule has 2 heterocycles. The predicted molar refractivity (Wildman–Crippen MR) is 84.5 cm³/mol. The summed E-state index contributed by atoms with van der Waals surface area (Å²) in [5.74, 6) is 2.97. The van der Waals surface area contributed by atoms with Crippen LogP contribution < -0.4 is 10.6 Å². The normalized spacial score (nSPS) is 10.8. The number of rotatable bonds is 6. The third-order valence-corrected chi connectivity index (χ3v) is 3.72. The first-order valence-electron chi connectivity index (χ1n) is 6.85. The lowest BCUT2D eigenvalue weighted by molar-refractivity contribution is 0.772. The van der Waals surface area contributed by atoms with E-state index in [0.717, 1.165) is 36.1 Å². The maximum Gasteiger partial charge on any atom is 0.135 e. The Morgan fingerprint density at radius 1 is 1.20 bits per heavy atom. The Balaban J connectivity index is 2.25. The van der Waals surface area contributed by atoms with E-state index in [9.17, 15) is 0 Å². The Morgan fingerprint density at radius 3 is 2.45 bits per heavy atom. The summed E-state index contributed by atoms with van der Waals surface area (Å²) in [7, 11) is 0. The maximum atomic E-state index is 4.64. The highest BCUT2D eigenvalue weighted by molar-refractivity contribution is 7.09. The quantitative estimate of drug-likeness (QED) is 0.854. The summed E-state index contributed by atoms with van der Waals surface area (Å²) >= 11 is 1.64. The molecule has 0 spiro atoms. The van der Waals surface area contributed by atoms with Crippen LogP contribution in [0, 0.1) is 6.92 Å². The van der Waals surface area contributed by atoms with Crippen LogP contribution in [0.2, 0.25) is 0 Å². The molecule has 0 unspecified atom stereocenters. The molecule has 2 N–H and O–H groups in total. The van der Waals surface area contributed by atoms with Crippen LogP contribution in [0.3, 0.4) is 0 Å². The Labute approximate surface area is 123 Å². The van der Waals surface area contributed by atoms with Gasteiger partial charge in [-0.15, -0.1) is 11.3 Å². The molecule has 0 amide bonds. The zero-order chi connectivity index (χ0) is 14.5. The van der Waals surface area contributed by atoms with Crippen molar-refractivity contribution >= 4 is 23.0 Å². The summed E-state index contributed by atoms with van der Waals surface area (Å²) in [6.07, 6.45) is 1.88. The van der Waals surface area contributed by atoms with E-state index < -0.39 is 0 Å². The molecule has 2 aromatic heterocycles. The molecule has 0 saturated carbocycles. The van der Waals surface area contributed by atoms with Crippen LogP contribution in [-0.2, 0) is 6.54 Å². The van der Waals surface area contributed by atoms with Gasteiger partial charge < -0.3 is 10.6 Å². The molecule has 0 radical (unpaired) electrons. The van der Waals surface area contributed by atoms with Crippen molar-refractivity contribution in [2.75, 3.05) is 17.2 Å². The zero-order valence-corrected chi connectivity index (χ0v) is 13.2. The summed E-state index contributed by atoms with van der Waals surface area (Å²) in [5, 5.41) is 6.69. The molecule has 5 nitrogen and oxygen atoms in total. The largest absolute Gasteiger partial charge is 0.370 e. The molecule has 108 valence electrons.